The van der Waals surface area contributed by atoms with Crippen LogP contribution in [-0.4, -0.2) is 34.9 Å². The SMILES string of the molecule is O=C(CSc1nnc(-c2ccc(Cl)cc2)o1)Nc1ccccc1N1CCCCC1. The van der Waals surface area contributed by atoms with E-state index in [0.29, 0.717) is 16.1 Å². The summed E-state index contributed by atoms with van der Waals surface area (Å²) in [5.41, 5.74) is 2.70. The normalized spacial score (nSPS) is 14.0. The van der Waals surface area contributed by atoms with Crippen molar-refractivity contribution in [2.24, 2.45) is 0 Å². The molecular weight excluding hydrogens is 408 g/mol. The summed E-state index contributed by atoms with van der Waals surface area (Å²) >= 11 is 7.11. The van der Waals surface area contributed by atoms with Crippen molar-refractivity contribution >= 4 is 40.6 Å². The molecule has 1 amide bonds. The van der Waals surface area contributed by atoms with Gasteiger partial charge in [-0.1, -0.05) is 35.5 Å². The molecule has 1 aliphatic heterocycles. The minimum absolute atomic E-state index is 0.106. The fraction of sp³-hybridized carbons (Fsp3) is 0.286. The molecule has 1 fully saturated rings. The lowest BCUT2D eigenvalue weighted by molar-refractivity contribution is -0.113. The lowest BCUT2D eigenvalue weighted by Gasteiger charge is -2.30. The molecule has 0 saturated carbocycles. The topological polar surface area (TPSA) is 71.3 Å². The van der Waals surface area contributed by atoms with Crippen LogP contribution < -0.4 is 10.2 Å². The highest BCUT2D eigenvalue weighted by atomic mass is 35.5. The first-order valence-electron chi connectivity index (χ1n) is 9.55. The van der Waals surface area contributed by atoms with E-state index in [1.807, 2.05) is 30.3 Å². The van der Waals surface area contributed by atoms with Gasteiger partial charge in [0.05, 0.1) is 17.1 Å². The van der Waals surface area contributed by atoms with E-state index in [-0.39, 0.29) is 11.7 Å². The van der Waals surface area contributed by atoms with E-state index >= 15 is 0 Å². The molecule has 0 bridgehead atoms. The fourth-order valence-corrected chi connectivity index (χ4v) is 3.97. The summed E-state index contributed by atoms with van der Waals surface area (Å²) in [4.78, 5) is 14.8. The number of hydrogen-bond acceptors (Lipinski definition) is 6. The molecule has 2 aromatic carbocycles. The fourth-order valence-electron chi connectivity index (χ4n) is 3.28. The Morgan fingerprint density at radius 2 is 1.83 bits per heavy atom. The smallest absolute Gasteiger partial charge is 0.277 e. The maximum Gasteiger partial charge on any atom is 0.277 e. The number of nitrogens with one attached hydrogen (secondary N) is 1. The van der Waals surface area contributed by atoms with Gasteiger partial charge in [-0.2, -0.15) is 0 Å². The highest BCUT2D eigenvalue weighted by Crippen LogP contribution is 2.29. The summed E-state index contributed by atoms with van der Waals surface area (Å²) in [6.07, 6.45) is 3.64. The Bertz CT molecular complexity index is 971. The number of amides is 1. The molecule has 1 aliphatic rings. The molecule has 150 valence electrons. The van der Waals surface area contributed by atoms with Gasteiger partial charge < -0.3 is 14.6 Å². The van der Waals surface area contributed by atoms with Gasteiger partial charge >= 0.3 is 0 Å². The summed E-state index contributed by atoms with van der Waals surface area (Å²) in [7, 11) is 0. The molecule has 4 rings (SSSR count). The van der Waals surface area contributed by atoms with Gasteiger partial charge in [-0.15, -0.1) is 10.2 Å². The number of anilines is 2. The van der Waals surface area contributed by atoms with Crippen molar-refractivity contribution in [2.45, 2.75) is 24.5 Å². The van der Waals surface area contributed by atoms with Gasteiger partial charge in [0.15, 0.2) is 0 Å². The van der Waals surface area contributed by atoms with Crippen LogP contribution in [0.2, 0.25) is 5.02 Å². The molecule has 0 aliphatic carbocycles. The van der Waals surface area contributed by atoms with E-state index < -0.39 is 0 Å². The second-order valence-corrected chi connectivity index (χ2v) is 8.14. The van der Waals surface area contributed by atoms with Gasteiger partial charge in [-0.05, 0) is 55.7 Å². The maximum absolute atomic E-state index is 12.5. The van der Waals surface area contributed by atoms with Gasteiger partial charge in [0, 0.05) is 23.7 Å². The van der Waals surface area contributed by atoms with Crippen LogP contribution in [-0.2, 0) is 4.79 Å². The lowest BCUT2D eigenvalue weighted by atomic mass is 10.1. The first-order chi connectivity index (χ1) is 14.2. The number of para-hydroxylation sites is 2. The largest absolute Gasteiger partial charge is 0.411 e. The standard InChI is InChI=1S/C21H21ClN4O2S/c22-16-10-8-15(9-11-16)20-24-25-21(28-20)29-14-19(27)23-17-6-2-3-7-18(17)26-12-4-1-5-13-26/h2-3,6-11H,1,4-5,12-14H2,(H,23,27). The van der Waals surface area contributed by atoms with Crippen LogP contribution in [0, 0.1) is 0 Å². The van der Waals surface area contributed by atoms with Crippen molar-refractivity contribution in [3.05, 3.63) is 53.6 Å². The number of carbonyl (C=O) groups excluding carboxylic acids is 1. The van der Waals surface area contributed by atoms with Gasteiger partial charge in [-0.25, -0.2) is 0 Å². The Labute approximate surface area is 178 Å². The Balaban J connectivity index is 1.36. The number of hydrogen-bond donors (Lipinski definition) is 1. The second-order valence-electron chi connectivity index (χ2n) is 6.78. The van der Waals surface area contributed by atoms with E-state index in [2.05, 4.69) is 26.5 Å². The summed E-state index contributed by atoms with van der Waals surface area (Å²) in [6.45, 7) is 2.05. The first-order valence-corrected chi connectivity index (χ1v) is 10.9. The summed E-state index contributed by atoms with van der Waals surface area (Å²) in [6, 6.07) is 15.1. The molecular formula is C21H21ClN4O2S. The molecule has 2 heterocycles. The quantitative estimate of drug-likeness (QED) is 0.550. The number of benzene rings is 2. The van der Waals surface area contributed by atoms with Crippen LogP contribution in [0.4, 0.5) is 11.4 Å². The number of carbonyl (C=O) groups is 1. The van der Waals surface area contributed by atoms with Gasteiger partial charge in [-0.3, -0.25) is 4.79 Å². The summed E-state index contributed by atoms with van der Waals surface area (Å²) in [5.74, 6) is 0.488. The van der Waals surface area contributed by atoms with E-state index in [4.69, 9.17) is 16.0 Å². The molecule has 1 saturated heterocycles. The number of piperidine rings is 1. The number of rotatable bonds is 6. The molecule has 3 aromatic rings. The third kappa shape index (κ3) is 5.10. The van der Waals surface area contributed by atoms with Crippen molar-refractivity contribution in [3.8, 4) is 11.5 Å². The Kier molecular flexibility index (Phi) is 6.36. The van der Waals surface area contributed by atoms with Crippen LogP contribution in [0.15, 0.2) is 58.2 Å². The third-order valence-electron chi connectivity index (χ3n) is 4.70. The minimum atomic E-state index is -0.106. The van der Waals surface area contributed by atoms with Crippen LogP contribution in [0.5, 0.6) is 0 Å². The number of thioether (sulfide) groups is 1. The van der Waals surface area contributed by atoms with Crippen molar-refractivity contribution in [3.63, 3.8) is 0 Å². The molecule has 8 heteroatoms. The summed E-state index contributed by atoms with van der Waals surface area (Å²) < 4.78 is 5.64. The number of halogens is 1. The van der Waals surface area contributed by atoms with E-state index in [0.717, 1.165) is 30.0 Å². The summed E-state index contributed by atoms with van der Waals surface area (Å²) in [5, 5.41) is 12.1. The van der Waals surface area contributed by atoms with E-state index in [9.17, 15) is 4.79 Å². The average molecular weight is 429 g/mol. The van der Waals surface area contributed by atoms with Gasteiger partial charge in [0.25, 0.3) is 5.22 Å². The molecule has 0 unspecified atom stereocenters. The van der Waals surface area contributed by atoms with Crippen LogP contribution in [0.3, 0.4) is 0 Å². The molecule has 1 N–H and O–H groups in total. The molecule has 0 radical (unpaired) electrons. The molecule has 29 heavy (non-hydrogen) atoms. The van der Waals surface area contributed by atoms with Crippen LogP contribution >= 0.6 is 23.4 Å². The van der Waals surface area contributed by atoms with E-state index in [1.54, 1.807) is 12.1 Å². The second kappa shape index (κ2) is 9.33. The van der Waals surface area contributed by atoms with E-state index in [1.165, 1.54) is 31.0 Å². The van der Waals surface area contributed by atoms with Crippen molar-refractivity contribution in [1.82, 2.24) is 10.2 Å². The monoisotopic (exact) mass is 428 g/mol. The highest BCUT2D eigenvalue weighted by molar-refractivity contribution is 7.99. The Morgan fingerprint density at radius 3 is 2.62 bits per heavy atom. The minimum Gasteiger partial charge on any atom is -0.411 e. The molecule has 0 atom stereocenters. The highest BCUT2D eigenvalue weighted by Gasteiger charge is 2.16. The zero-order chi connectivity index (χ0) is 20.1. The zero-order valence-corrected chi connectivity index (χ0v) is 17.4. The number of aromatic nitrogens is 2. The Hall–Kier alpha value is -2.51. The van der Waals surface area contributed by atoms with Crippen LogP contribution in [0.25, 0.3) is 11.5 Å². The third-order valence-corrected chi connectivity index (χ3v) is 5.77. The lowest BCUT2D eigenvalue weighted by Crippen LogP contribution is -2.30. The predicted molar refractivity (Wildman–Crippen MR) is 117 cm³/mol. The van der Waals surface area contributed by atoms with Crippen molar-refractivity contribution in [2.75, 3.05) is 29.1 Å². The van der Waals surface area contributed by atoms with Crippen LogP contribution in [0.1, 0.15) is 19.3 Å². The van der Waals surface area contributed by atoms with Crippen molar-refractivity contribution < 1.29 is 9.21 Å². The Morgan fingerprint density at radius 1 is 1.07 bits per heavy atom. The first kappa shape index (κ1) is 19.8. The number of nitrogens with zero attached hydrogens (tertiary/aromatic N) is 3. The van der Waals surface area contributed by atoms with Gasteiger partial charge in [0.1, 0.15) is 0 Å². The van der Waals surface area contributed by atoms with Gasteiger partial charge in [0.2, 0.25) is 11.8 Å². The van der Waals surface area contributed by atoms with Crippen molar-refractivity contribution in [1.29, 1.82) is 0 Å². The zero-order valence-electron chi connectivity index (χ0n) is 15.8. The molecule has 1 aromatic heterocycles. The molecule has 6 nitrogen and oxygen atoms in total. The average Bonchev–Trinajstić information content (AvgIpc) is 3.23. The predicted octanol–water partition coefficient (Wildman–Crippen LogP) is 5.11. The molecule has 0 spiro atoms. The maximum atomic E-state index is 12.5.